The van der Waals surface area contributed by atoms with Crippen LogP contribution in [-0.2, 0) is 16.0 Å². The Hall–Kier alpha value is -1.00. The van der Waals surface area contributed by atoms with Crippen LogP contribution in [0.15, 0.2) is 29.2 Å². The molecule has 1 fully saturated rings. The van der Waals surface area contributed by atoms with Crippen molar-refractivity contribution in [2.45, 2.75) is 30.8 Å². The maximum absolute atomic E-state index is 12.2. The molecule has 0 spiro atoms. The highest BCUT2D eigenvalue weighted by Crippen LogP contribution is 2.12. The van der Waals surface area contributed by atoms with Gasteiger partial charge in [0.15, 0.2) is 0 Å². The van der Waals surface area contributed by atoms with Gasteiger partial charge < -0.3 is 9.64 Å². The van der Waals surface area contributed by atoms with Crippen LogP contribution >= 0.6 is 12.6 Å². The standard InChI is InChI=1S/C14H19NO2S/c1-2-12-10-15(7-8-17-12)14(16)9-11-3-5-13(18)6-4-11/h3-6,12,18H,2,7-10H2,1H3. The molecule has 0 saturated carbocycles. The average molecular weight is 265 g/mol. The predicted octanol–water partition coefficient (Wildman–Crippen LogP) is 2.16. The van der Waals surface area contributed by atoms with Crippen molar-refractivity contribution >= 4 is 18.5 Å². The predicted molar refractivity (Wildman–Crippen MR) is 74.0 cm³/mol. The van der Waals surface area contributed by atoms with Gasteiger partial charge in [-0.15, -0.1) is 12.6 Å². The minimum Gasteiger partial charge on any atom is -0.375 e. The molecule has 1 heterocycles. The summed E-state index contributed by atoms with van der Waals surface area (Å²) in [5.41, 5.74) is 1.04. The summed E-state index contributed by atoms with van der Waals surface area (Å²) in [6, 6.07) is 7.75. The van der Waals surface area contributed by atoms with E-state index in [1.807, 2.05) is 29.2 Å². The molecule has 1 aliphatic rings. The van der Waals surface area contributed by atoms with Crippen molar-refractivity contribution in [1.82, 2.24) is 4.90 Å². The van der Waals surface area contributed by atoms with Crippen molar-refractivity contribution in [3.63, 3.8) is 0 Å². The molecule has 0 N–H and O–H groups in total. The van der Waals surface area contributed by atoms with Gasteiger partial charge in [0.25, 0.3) is 0 Å². The van der Waals surface area contributed by atoms with Crippen LogP contribution in [0, 0.1) is 0 Å². The largest absolute Gasteiger partial charge is 0.375 e. The third-order valence-electron chi connectivity index (χ3n) is 3.24. The molecule has 98 valence electrons. The number of amides is 1. The van der Waals surface area contributed by atoms with E-state index in [1.54, 1.807) is 0 Å². The van der Waals surface area contributed by atoms with E-state index in [0.29, 0.717) is 19.6 Å². The quantitative estimate of drug-likeness (QED) is 0.849. The molecule has 1 aromatic carbocycles. The smallest absolute Gasteiger partial charge is 0.227 e. The summed E-state index contributed by atoms with van der Waals surface area (Å²) in [6.07, 6.45) is 1.62. The molecule has 0 aromatic heterocycles. The monoisotopic (exact) mass is 265 g/mol. The number of carbonyl (C=O) groups excluding carboxylic acids is 1. The lowest BCUT2D eigenvalue weighted by atomic mass is 10.1. The van der Waals surface area contributed by atoms with Gasteiger partial charge >= 0.3 is 0 Å². The molecule has 1 aromatic rings. The molecule has 0 radical (unpaired) electrons. The molecule has 1 saturated heterocycles. The highest BCUT2D eigenvalue weighted by atomic mass is 32.1. The maximum Gasteiger partial charge on any atom is 0.227 e. The normalized spacial score (nSPS) is 19.9. The summed E-state index contributed by atoms with van der Waals surface area (Å²) >= 11 is 4.24. The molecule has 0 bridgehead atoms. The van der Waals surface area contributed by atoms with Gasteiger partial charge in [0, 0.05) is 18.0 Å². The summed E-state index contributed by atoms with van der Waals surface area (Å²) in [6.45, 7) is 4.17. The number of rotatable bonds is 3. The SMILES string of the molecule is CCC1CN(C(=O)Cc2ccc(S)cc2)CCO1. The summed E-state index contributed by atoms with van der Waals surface area (Å²) < 4.78 is 5.57. The van der Waals surface area contributed by atoms with Crippen LogP contribution in [0.3, 0.4) is 0 Å². The third-order valence-corrected chi connectivity index (χ3v) is 3.54. The number of benzene rings is 1. The molecule has 1 atom stereocenters. The second-order valence-corrected chi connectivity index (χ2v) is 5.10. The highest BCUT2D eigenvalue weighted by molar-refractivity contribution is 7.80. The minimum absolute atomic E-state index is 0.184. The molecule has 0 aliphatic carbocycles. The lowest BCUT2D eigenvalue weighted by Crippen LogP contribution is -2.45. The molecule has 3 nitrogen and oxygen atoms in total. The van der Waals surface area contributed by atoms with Crippen LogP contribution in [0.25, 0.3) is 0 Å². The maximum atomic E-state index is 12.2. The Kier molecular flexibility index (Phi) is 4.66. The Labute approximate surface area is 114 Å². The first-order valence-corrected chi connectivity index (χ1v) is 6.81. The zero-order chi connectivity index (χ0) is 13.0. The van der Waals surface area contributed by atoms with Crippen LogP contribution in [-0.4, -0.2) is 36.6 Å². The summed E-state index contributed by atoms with van der Waals surface area (Å²) in [5, 5.41) is 0. The first-order chi connectivity index (χ1) is 8.69. The summed E-state index contributed by atoms with van der Waals surface area (Å²) in [7, 11) is 0. The Balaban J connectivity index is 1.93. The van der Waals surface area contributed by atoms with E-state index in [4.69, 9.17) is 4.74 Å². The number of hydrogen-bond donors (Lipinski definition) is 1. The van der Waals surface area contributed by atoms with Gasteiger partial charge in [0.2, 0.25) is 5.91 Å². The minimum atomic E-state index is 0.184. The topological polar surface area (TPSA) is 29.5 Å². The summed E-state index contributed by atoms with van der Waals surface area (Å²) in [5.74, 6) is 0.184. The molecule has 2 rings (SSSR count). The van der Waals surface area contributed by atoms with E-state index >= 15 is 0 Å². The lowest BCUT2D eigenvalue weighted by molar-refractivity contribution is -0.138. The first-order valence-electron chi connectivity index (χ1n) is 6.36. The zero-order valence-corrected chi connectivity index (χ0v) is 11.5. The molecular formula is C14H19NO2S. The number of ether oxygens (including phenoxy) is 1. The van der Waals surface area contributed by atoms with Crippen molar-refractivity contribution in [2.75, 3.05) is 19.7 Å². The third kappa shape index (κ3) is 3.50. The van der Waals surface area contributed by atoms with E-state index in [2.05, 4.69) is 19.6 Å². The number of hydrogen-bond acceptors (Lipinski definition) is 3. The lowest BCUT2D eigenvalue weighted by Gasteiger charge is -2.32. The van der Waals surface area contributed by atoms with Crippen LogP contribution in [0.1, 0.15) is 18.9 Å². The van der Waals surface area contributed by atoms with Gasteiger partial charge in [-0.1, -0.05) is 19.1 Å². The molecule has 1 unspecified atom stereocenters. The zero-order valence-electron chi connectivity index (χ0n) is 10.6. The molecular weight excluding hydrogens is 246 g/mol. The van der Waals surface area contributed by atoms with Crippen LogP contribution < -0.4 is 0 Å². The van der Waals surface area contributed by atoms with E-state index in [-0.39, 0.29) is 12.0 Å². The Bertz CT molecular complexity index is 405. The Morgan fingerprint density at radius 2 is 2.17 bits per heavy atom. The van der Waals surface area contributed by atoms with Crippen molar-refractivity contribution in [2.24, 2.45) is 0 Å². The molecule has 1 aliphatic heterocycles. The highest BCUT2D eigenvalue weighted by Gasteiger charge is 2.22. The van der Waals surface area contributed by atoms with Gasteiger partial charge in [-0.05, 0) is 24.1 Å². The van der Waals surface area contributed by atoms with E-state index in [9.17, 15) is 4.79 Å². The fraction of sp³-hybridized carbons (Fsp3) is 0.500. The van der Waals surface area contributed by atoms with Gasteiger partial charge in [0.1, 0.15) is 0 Å². The van der Waals surface area contributed by atoms with Crippen molar-refractivity contribution < 1.29 is 9.53 Å². The number of nitrogens with zero attached hydrogens (tertiary/aromatic N) is 1. The fourth-order valence-electron chi connectivity index (χ4n) is 2.09. The van der Waals surface area contributed by atoms with E-state index in [0.717, 1.165) is 23.4 Å². The first kappa shape index (κ1) is 13.4. The van der Waals surface area contributed by atoms with Crippen LogP contribution in [0.4, 0.5) is 0 Å². The van der Waals surface area contributed by atoms with E-state index < -0.39 is 0 Å². The van der Waals surface area contributed by atoms with Gasteiger partial charge in [0.05, 0.1) is 19.1 Å². The number of thiol groups is 1. The molecule has 1 amide bonds. The number of morpholine rings is 1. The van der Waals surface area contributed by atoms with Gasteiger partial charge in [-0.25, -0.2) is 0 Å². The Morgan fingerprint density at radius 3 is 2.83 bits per heavy atom. The second kappa shape index (κ2) is 6.25. The van der Waals surface area contributed by atoms with E-state index in [1.165, 1.54) is 0 Å². The molecule has 18 heavy (non-hydrogen) atoms. The van der Waals surface area contributed by atoms with Crippen molar-refractivity contribution in [3.8, 4) is 0 Å². The fourth-order valence-corrected chi connectivity index (χ4v) is 2.24. The van der Waals surface area contributed by atoms with Gasteiger partial charge in [-0.2, -0.15) is 0 Å². The second-order valence-electron chi connectivity index (χ2n) is 4.58. The molecule has 4 heteroatoms. The average Bonchev–Trinajstić information content (AvgIpc) is 2.41. The van der Waals surface area contributed by atoms with Crippen molar-refractivity contribution in [3.05, 3.63) is 29.8 Å². The van der Waals surface area contributed by atoms with Gasteiger partial charge in [-0.3, -0.25) is 4.79 Å². The number of carbonyl (C=O) groups is 1. The van der Waals surface area contributed by atoms with Crippen LogP contribution in [0.5, 0.6) is 0 Å². The van der Waals surface area contributed by atoms with Crippen LogP contribution in [0.2, 0.25) is 0 Å². The summed E-state index contributed by atoms with van der Waals surface area (Å²) in [4.78, 5) is 15.0. The van der Waals surface area contributed by atoms with Crippen molar-refractivity contribution in [1.29, 1.82) is 0 Å². The Morgan fingerprint density at radius 1 is 1.44 bits per heavy atom.